The zero-order valence-electron chi connectivity index (χ0n) is 11.2. The van der Waals surface area contributed by atoms with Crippen LogP contribution in [0.5, 0.6) is 0 Å². The molecular formula is C13H22N2O2S. The lowest BCUT2D eigenvalue weighted by Gasteiger charge is -2.19. The van der Waals surface area contributed by atoms with Gasteiger partial charge < -0.3 is 5.32 Å². The molecule has 0 aliphatic heterocycles. The average molecular weight is 270 g/mol. The molecule has 1 rings (SSSR count). The quantitative estimate of drug-likeness (QED) is 0.823. The fraction of sp³-hybridized carbons (Fsp3) is 0.538. The van der Waals surface area contributed by atoms with Crippen molar-refractivity contribution in [2.45, 2.75) is 37.6 Å². The molecule has 0 fully saturated rings. The molecule has 0 amide bonds. The van der Waals surface area contributed by atoms with Gasteiger partial charge >= 0.3 is 0 Å². The van der Waals surface area contributed by atoms with Gasteiger partial charge in [-0.15, -0.1) is 0 Å². The zero-order chi connectivity index (χ0) is 13.8. The molecule has 0 radical (unpaired) electrons. The molecule has 1 aromatic carbocycles. The molecule has 0 bridgehead atoms. The minimum Gasteiger partial charge on any atom is -0.317 e. The van der Waals surface area contributed by atoms with E-state index in [1.807, 2.05) is 19.2 Å². The van der Waals surface area contributed by atoms with Crippen molar-refractivity contribution in [3.8, 4) is 0 Å². The highest BCUT2D eigenvalue weighted by molar-refractivity contribution is 7.89. The van der Waals surface area contributed by atoms with E-state index < -0.39 is 10.0 Å². The summed E-state index contributed by atoms with van der Waals surface area (Å²) in [5.41, 5.74) is 0.778. The molecule has 4 nitrogen and oxygen atoms in total. The zero-order valence-corrected chi connectivity index (χ0v) is 12.0. The van der Waals surface area contributed by atoms with E-state index in [0.717, 1.165) is 12.0 Å². The number of hydrogen-bond donors (Lipinski definition) is 2. The summed E-state index contributed by atoms with van der Waals surface area (Å²) in [5.74, 6) is 0.559. The molecular weight excluding hydrogens is 248 g/mol. The van der Waals surface area contributed by atoms with Crippen molar-refractivity contribution in [2.75, 3.05) is 7.05 Å². The van der Waals surface area contributed by atoms with Crippen LogP contribution in [0.4, 0.5) is 0 Å². The highest BCUT2D eigenvalue weighted by atomic mass is 32.2. The third kappa shape index (κ3) is 4.40. The Morgan fingerprint density at radius 3 is 2.39 bits per heavy atom. The van der Waals surface area contributed by atoms with Gasteiger partial charge in [-0.2, -0.15) is 0 Å². The van der Waals surface area contributed by atoms with Crippen molar-refractivity contribution in [1.82, 2.24) is 5.32 Å². The number of likely N-dealkylation sites (N-methyl/N-ethyl adjacent to an activating group) is 1. The molecule has 0 aliphatic rings. The molecule has 1 unspecified atom stereocenters. The van der Waals surface area contributed by atoms with Gasteiger partial charge in [-0.05, 0) is 37.4 Å². The lowest BCUT2D eigenvalue weighted by Crippen LogP contribution is -2.30. The van der Waals surface area contributed by atoms with Crippen LogP contribution in [-0.4, -0.2) is 21.5 Å². The molecule has 0 spiro atoms. The maximum Gasteiger partial charge on any atom is 0.238 e. The summed E-state index contributed by atoms with van der Waals surface area (Å²) in [5, 5.41) is 8.45. The predicted molar refractivity (Wildman–Crippen MR) is 73.8 cm³/mol. The van der Waals surface area contributed by atoms with E-state index in [9.17, 15) is 8.42 Å². The second kappa shape index (κ2) is 6.31. The molecule has 5 heteroatoms. The standard InChI is InChI=1S/C13H22N2O2S/c1-10(2)8-12(15-3)9-11-6-4-5-7-13(11)18(14,16)17/h4-7,10,12,15H,8-9H2,1-3H3,(H2,14,16,17). The van der Waals surface area contributed by atoms with Crippen LogP contribution in [0.25, 0.3) is 0 Å². The summed E-state index contributed by atoms with van der Waals surface area (Å²) >= 11 is 0. The van der Waals surface area contributed by atoms with Gasteiger partial charge in [0.1, 0.15) is 0 Å². The normalized spacial score (nSPS) is 13.8. The van der Waals surface area contributed by atoms with E-state index >= 15 is 0 Å². The number of benzene rings is 1. The molecule has 1 atom stereocenters. The highest BCUT2D eigenvalue weighted by Crippen LogP contribution is 2.18. The number of nitrogens with one attached hydrogen (secondary N) is 1. The van der Waals surface area contributed by atoms with E-state index in [2.05, 4.69) is 19.2 Å². The highest BCUT2D eigenvalue weighted by Gasteiger charge is 2.16. The summed E-state index contributed by atoms with van der Waals surface area (Å²) in [6.07, 6.45) is 1.66. The van der Waals surface area contributed by atoms with Crippen LogP contribution >= 0.6 is 0 Å². The second-order valence-corrected chi connectivity index (χ2v) is 6.50. The average Bonchev–Trinajstić information content (AvgIpc) is 2.26. The first-order valence-electron chi connectivity index (χ1n) is 6.12. The number of rotatable bonds is 6. The minimum absolute atomic E-state index is 0.231. The Labute approximate surface area is 110 Å². The first-order chi connectivity index (χ1) is 8.34. The molecule has 0 heterocycles. The van der Waals surface area contributed by atoms with E-state index in [-0.39, 0.29) is 10.9 Å². The molecule has 0 aromatic heterocycles. The van der Waals surface area contributed by atoms with Gasteiger partial charge in [0.25, 0.3) is 0 Å². The van der Waals surface area contributed by atoms with Gasteiger partial charge in [-0.3, -0.25) is 0 Å². The summed E-state index contributed by atoms with van der Waals surface area (Å²) in [4.78, 5) is 0.231. The lowest BCUT2D eigenvalue weighted by atomic mass is 9.97. The van der Waals surface area contributed by atoms with E-state index in [1.54, 1.807) is 12.1 Å². The smallest absolute Gasteiger partial charge is 0.238 e. The third-order valence-electron chi connectivity index (χ3n) is 2.91. The molecule has 0 saturated carbocycles. The van der Waals surface area contributed by atoms with Crippen molar-refractivity contribution in [3.63, 3.8) is 0 Å². The summed E-state index contributed by atoms with van der Waals surface area (Å²) < 4.78 is 23.0. The predicted octanol–water partition coefficient (Wildman–Crippen LogP) is 1.51. The number of sulfonamides is 1. The van der Waals surface area contributed by atoms with Gasteiger partial charge in [0, 0.05) is 6.04 Å². The van der Waals surface area contributed by atoms with Crippen molar-refractivity contribution >= 4 is 10.0 Å². The maximum atomic E-state index is 11.5. The number of nitrogens with two attached hydrogens (primary N) is 1. The van der Waals surface area contributed by atoms with Crippen LogP contribution in [0.2, 0.25) is 0 Å². The van der Waals surface area contributed by atoms with Gasteiger partial charge in [-0.25, -0.2) is 13.6 Å². The van der Waals surface area contributed by atoms with Crippen molar-refractivity contribution in [2.24, 2.45) is 11.1 Å². The molecule has 3 N–H and O–H groups in total. The van der Waals surface area contributed by atoms with Gasteiger partial charge in [0.05, 0.1) is 4.90 Å². The van der Waals surface area contributed by atoms with Crippen LogP contribution in [-0.2, 0) is 16.4 Å². The van der Waals surface area contributed by atoms with Crippen LogP contribution in [0.15, 0.2) is 29.2 Å². The Balaban J connectivity index is 2.96. The summed E-state index contributed by atoms with van der Waals surface area (Å²) in [6, 6.07) is 7.18. The van der Waals surface area contributed by atoms with Crippen molar-refractivity contribution in [1.29, 1.82) is 0 Å². The molecule has 1 aromatic rings. The molecule has 18 heavy (non-hydrogen) atoms. The van der Waals surface area contributed by atoms with Gasteiger partial charge in [0.15, 0.2) is 0 Å². The Bertz CT molecular complexity index is 484. The van der Waals surface area contributed by atoms with Crippen LogP contribution in [0.1, 0.15) is 25.8 Å². The number of primary sulfonamides is 1. The van der Waals surface area contributed by atoms with E-state index in [4.69, 9.17) is 5.14 Å². The monoisotopic (exact) mass is 270 g/mol. The fourth-order valence-electron chi connectivity index (χ4n) is 2.09. The Morgan fingerprint density at radius 2 is 1.89 bits per heavy atom. The third-order valence-corrected chi connectivity index (χ3v) is 3.92. The van der Waals surface area contributed by atoms with Crippen LogP contribution in [0.3, 0.4) is 0 Å². The van der Waals surface area contributed by atoms with Gasteiger partial charge in [-0.1, -0.05) is 32.0 Å². The largest absolute Gasteiger partial charge is 0.317 e. The van der Waals surface area contributed by atoms with Crippen LogP contribution in [0, 0.1) is 5.92 Å². The SMILES string of the molecule is CNC(Cc1ccccc1S(N)(=O)=O)CC(C)C. The first-order valence-corrected chi connectivity index (χ1v) is 7.67. The summed E-state index contributed by atoms with van der Waals surface area (Å²) in [6.45, 7) is 4.30. The minimum atomic E-state index is -3.64. The van der Waals surface area contributed by atoms with Gasteiger partial charge in [0.2, 0.25) is 10.0 Å². The Morgan fingerprint density at radius 1 is 1.28 bits per heavy atom. The topological polar surface area (TPSA) is 72.2 Å². The first kappa shape index (κ1) is 15.1. The molecule has 0 aliphatic carbocycles. The molecule has 0 saturated heterocycles. The Kier molecular flexibility index (Phi) is 5.31. The van der Waals surface area contributed by atoms with E-state index in [0.29, 0.717) is 12.3 Å². The molecule has 102 valence electrons. The number of hydrogen-bond acceptors (Lipinski definition) is 3. The summed E-state index contributed by atoms with van der Waals surface area (Å²) in [7, 11) is -1.75. The van der Waals surface area contributed by atoms with Crippen molar-refractivity contribution in [3.05, 3.63) is 29.8 Å². The fourth-order valence-corrected chi connectivity index (χ4v) is 2.87. The second-order valence-electron chi connectivity index (χ2n) is 4.97. The van der Waals surface area contributed by atoms with Crippen LogP contribution < -0.4 is 10.5 Å². The van der Waals surface area contributed by atoms with E-state index in [1.165, 1.54) is 0 Å². The lowest BCUT2D eigenvalue weighted by molar-refractivity contribution is 0.439. The Hall–Kier alpha value is -0.910. The maximum absolute atomic E-state index is 11.5. The van der Waals surface area contributed by atoms with Crippen molar-refractivity contribution < 1.29 is 8.42 Å².